The molecule has 0 aromatic rings. The summed E-state index contributed by atoms with van der Waals surface area (Å²) in [5.41, 5.74) is 0. The fraction of sp³-hybridized carbons (Fsp3) is 0.700. The van der Waals surface area contributed by atoms with Gasteiger partial charge in [0.25, 0.3) is 0 Å². The number of isocyanates is 2. The number of carbonyl (C=O) groups excluding carboxylic acids is 3. The van der Waals surface area contributed by atoms with E-state index in [1.54, 1.807) is 6.92 Å². The molecule has 0 aromatic carbocycles. The summed E-state index contributed by atoms with van der Waals surface area (Å²) in [6.45, 7) is 1.71. The minimum absolute atomic E-state index is 0.362. The van der Waals surface area contributed by atoms with Crippen LogP contribution in [-0.2, 0) is 19.1 Å². The third-order valence-electron chi connectivity index (χ3n) is 1.87. The second-order valence-electron chi connectivity index (χ2n) is 3.04. The fourth-order valence-corrected chi connectivity index (χ4v) is 1.46. The average Bonchev–Trinajstić information content (AvgIpc) is 2.33. The van der Waals surface area contributed by atoms with Gasteiger partial charge in [0.2, 0.25) is 18.4 Å². The van der Waals surface area contributed by atoms with Gasteiger partial charge in [0.05, 0.1) is 0 Å². The topological polar surface area (TPSA) is 85.2 Å². The quantitative estimate of drug-likeness (QED) is 0.369. The molecule has 17 heavy (non-hydrogen) atoms. The third-order valence-corrected chi connectivity index (χ3v) is 2.52. The van der Waals surface area contributed by atoms with Gasteiger partial charge in [-0.05, 0) is 18.4 Å². The van der Waals surface area contributed by atoms with E-state index in [-0.39, 0.29) is 0 Å². The molecule has 0 amide bonds. The van der Waals surface area contributed by atoms with Crippen LogP contribution >= 0.6 is 11.8 Å². The maximum absolute atomic E-state index is 11.6. The van der Waals surface area contributed by atoms with Crippen molar-refractivity contribution in [3.05, 3.63) is 0 Å². The first-order chi connectivity index (χ1) is 8.19. The van der Waals surface area contributed by atoms with E-state index >= 15 is 0 Å². The minimum atomic E-state index is -0.879. The highest BCUT2D eigenvalue weighted by Crippen LogP contribution is 2.09. The summed E-state index contributed by atoms with van der Waals surface area (Å²) in [6, 6.07) is -0.879. The Balaban J connectivity index is 4.49. The molecule has 0 aliphatic heterocycles. The average molecular weight is 258 g/mol. The number of hydrogen-bond acceptors (Lipinski definition) is 7. The fourth-order valence-electron chi connectivity index (χ4n) is 1.00. The molecule has 0 aromatic heterocycles. The maximum atomic E-state index is 11.6. The number of ether oxygens (including phenoxy) is 1. The van der Waals surface area contributed by atoms with Crippen LogP contribution in [0.3, 0.4) is 0 Å². The van der Waals surface area contributed by atoms with Crippen molar-refractivity contribution < 1.29 is 19.1 Å². The number of nitrogens with zero attached hydrogens (tertiary/aromatic N) is 2. The minimum Gasteiger partial charge on any atom is -0.437 e. The van der Waals surface area contributed by atoms with Gasteiger partial charge in [0, 0.05) is 6.42 Å². The summed E-state index contributed by atoms with van der Waals surface area (Å²) < 4.78 is 4.90. The van der Waals surface area contributed by atoms with Crippen LogP contribution in [0.5, 0.6) is 0 Å². The van der Waals surface area contributed by atoms with Gasteiger partial charge in [-0.15, -0.1) is 0 Å². The third kappa shape index (κ3) is 6.68. The Morgan fingerprint density at radius 2 is 2.00 bits per heavy atom. The molecule has 0 bridgehead atoms. The summed E-state index contributed by atoms with van der Waals surface area (Å²) in [5.74, 6) is -0.00755. The molecule has 0 saturated carbocycles. The van der Waals surface area contributed by atoms with Crippen LogP contribution in [0, 0.1) is 0 Å². The number of carbonyl (C=O) groups is 1. The molecule has 2 atom stereocenters. The van der Waals surface area contributed by atoms with Crippen LogP contribution in [0.4, 0.5) is 0 Å². The normalized spacial score (nSPS) is 12.8. The van der Waals surface area contributed by atoms with Gasteiger partial charge in [0.15, 0.2) is 6.04 Å². The molecule has 0 rings (SSSR count). The summed E-state index contributed by atoms with van der Waals surface area (Å²) in [4.78, 5) is 38.5. The highest BCUT2D eigenvalue weighted by molar-refractivity contribution is 7.98. The largest absolute Gasteiger partial charge is 0.437 e. The predicted octanol–water partition coefficient (Wildman–Crippen LogP) is 1.06. The molecule has 7 heteroatoms. The Bertz CT molecular complexity index is 335. The van der Waals surface area contributed by atoms with Crippen molar-refractivity contribution in [2.45, 2.75) is 32.0 Å². The summed E-state index contributed by atoms with van der Waals surface area (Å²) >= 11 is 1.52. The van der Waals surface area contributed by atoms with Gasteiger partial charge >= 0.3 is 5.97 Å². The van der Waals surface area contributed by atoms with Crippen molar-refractivity contribution >= 4 is 29.9 Å². The molecule has 0 aliphatic rings. The van der Waals surface area contributed by atoms with Crippen LogP contribution in [0.25, 0.3) is 0 Å². The first-order valence-electron chi connectivity index (χ1n) is 5.03. The first kappa shape index (κ1) is 15.6. The van der Waals surface area contributed by atoms with E-state index < -0.39 is 18.2 Å². The lowest BCUT2D eigenvalue weighted by molar-refractivity contribution is -0.150. The number of rotatable bonds is 8. The highest BCUT2D eigenvalue weighted by Gasteiger charge is 2.21. The van der Waals surface area contributed by atoms with Crippen molar-refractivity contribution in [2.24, 2.45) is 9.98 Å². The second kappa shape index (κ2) is 9.78. The molecule has 0 saturated heterocycles. The van der Waals surface area contributed by atoms with E-state index in [1.165, 1.54) is 23.9 Å². The van der Waals surface area contributed by atoms with E-state index in [0.29, 0.717) is 18.6 Å². The molecule has 0 aliphatic carbocycles. The molecule has 2 unspecified atom stereocenters. The van der Waals surface area contributed by atoms with E-state index in [9.17, 15) is 14.4 Å². The summed E-state index contributed by atoms with van der Waals surface area (Å²) in [7, 11) is 0. The van der Waals surface area contributed by atoms with Crippen molar-refractivity contribution in [2.75, 3.05) is 12.0 Å². The summed E-state index contributed by atoms with van der Waals surface area (Å²) in [6.07, 6.45) is 4.42. The lowest BCUT2D eigenvalue weighted by atomic mass is 10.2. The Labute approximate surface area is 104 Å². The zero-order valence-corrected chi connectivity index (χ0v) is 10.5. The van der Waals surface area contributed by atoms with Crippen LogP contribution < -0.4 is 0 Å². The van der Waals surface area contributed by atoms with Gasteiger partial charge in [0.1, 0.15) is 0 Å². The molecule has 0 fully saturated rings. The monoisotopic (exact) mass is 258 g/mol. The van der Waals surface area contributed by atoms with E-state index in [0.717, 1.165) is 0 Å². The highest BCUT2D eigenvalue weighted by atomic mass is 32.2. The maximum Gasteiger partial charge on any atom is 0.333 e. The Morgan fingerprint density at radius 1 is 1.35 bits per heavy atom. The van der Waals surface area contributed by atoms with Gasteiger partial charge in [-0.25, -0.2) is 14.4 Å². The molecule has 94 valence electrons. The van der Waals surface area contributed by atoms with Crippen LogP contribution in [0.2, 0.25) is 0 Å². The van der Waals surface area contributed by atoms with Crippen molar-refractivity contribution in [1.29, 1.82) is 0 Å². The van der Waals surface area contributed by atoms with Gasteiger partial charge in [-0.3, -0.25) is 0 Å². The number of thioether (sulfide) groups is 1. The lowest BCUT2D eigenvalue weighted by Gasteiger charge is -2.13. The SMILES string of the molecule is CCC(N=C=O)OC(=O)C(CCSC)N=C=O. The summed E-state index contributed by atoms with van der Waals surface area (Å²) in [5, 5.41) is 0. The van der Waals surface area contributed by atoms with Crippen molar-refractivity contribution in [3.63, 3.8) is 0 Å². The molecule has 0 N–H and O–H groups in total. The molecule has 6 nitrogen and oxygen atoms in total. The first-order valence-corrected chi connectivity index (χ1v) is 6.42. The van der Waals surface area contributed by atoms with Gasteiger partial charge < -0.3 is 4.74 Å². The van der Waals surface area contributed by atoms with Crippen molar-refractivity contribution in [3.8, 4) is 0 Å². The van der Waals surface area contributed by atoms with E-state index in [1.807, 2.05) is 6.26 Å². The Kier molecular flexibility index (Phi) is 8.96. The number of esters is 1. The van der Waals surface area contributed by atoms with Crippen LogP contribution in [0.15, 0.2) is 9.98 Å². The van der Waals surface area contributed by atoms with Gasteiger partial charge in [-0.1, -0.05) is 6.92 Å². The van der Waals surface area contributed by atoms with Crippen LogP contribution in [-0.4, -0.2) is 42.4 Å². The lowest BCUT2D eigenvalue weighted by Crippen LogP contribution is -2.26. The van der Waals surface area contributed by atoms with E-state index in [2.05, 4.69) is 9.98 Å². The molecule has 0 radical (unpaired) electrons. The number of aliphatic imine (C=N–C) groups is 2. The molecular weight excluding hydrogens is 244 g/mol. The predicted molar refractivity (Wildman–Crippen MR) is 63.2 cm³/mol. The van der Waals surface area contributed by atoms with E-state index in [4.69, 9.17) is 4.74 Å². The second-order valence-corrected chi connectivity index (χ2v) is 4.02. The molecule has 0 heterocycles. The smallest absolute Gasteiger partial charge is 0.333 e. The van der Waals surface area contributed by atoms with Crippen molar-refractivity contribution in [1.82, 2.24) is 0 Å². The zero-order valence-electron chi connectivity index (χ0n) is 9.71. The zero-order chi connectivity index (χ0) is 13.1. The molecule has 0 spiro atoms. The molecular formula is C10H14N2O4S. The standard InChI is InChI=1S/C10H14N2O4S/c1-3-9(12-7-14)16-10(15)8(11-6-13)4-5-17-2/h8-9H,3-5H2,1-2H3. The Hall–Kier alpha value is -1.42. The van der Waals surface area contributed by atoms with Gasteiger partial charge in [-0.2, -0.15) is 21.7 Å². The number of hydrogen-bond donors (Lipinski definition) is 0. The Morgan fingerprint density at radius 3 is 2.47 bits per heavy atom. The van der Waals surface area contributed by atoms with Crippen LogP contribution in [0.1, 0.15) is 19.8 Å².